The number of hydrogen-bond donors (Lipinski definition) is 1. The lowest BCUT2D eigenvalue weighted by atomic mass is 10.1. The van der Waals surface area contributed by atoms with Crippen molar-refractivity contribution in [2.45, 2.75) is 6.42 Å². The van der Waals surface area contributed by atoms with Crippen LogP contribution in [0.5, 0.6) is 5.75 Å². The fourth-order valence-corrected chi connectivity index (χ4v) is 2.14. The van der Waals surface area contributed by atoms with Gasteiger partial charge in [-0.2, -0.15) is 0 Å². The molecule has 6 heteroatoms. The normalized spacial score (nSPS) is 19.1. The molecule has 0 aliphatic carbocycles. The molecule has 0 saturated carbocycles. The van der Waals surface area contributed by atoms with Crippen LogP contribution in [-0.4, -0.2) is 30.6 Å². The second-order valence-electron chi connectivity index (χ2n) is 4.06. The Kier molecular flexibility index (Phi) is 3.43. The molecule has 1 aliphatic rings. The second kappa shape index (κ2) is 4.86. The second-order valence-corrected chi connectivity index (χ2v) is 4.50. The van der Waals surface area contributed by atoms with Crippen LogP contribution in [0.4, 0.5) is 5.69 Å². The molecule has 2 rings (SSSR count). The van der Waals surface area contributed by atoms with Gasteiger partial charge in [0.25, 0.3) is 0 Å². The summed E-state index contributed by atoms with van der Waals surface area (Å²) >= 11 is 5.84. The Labute approximate surface area is 109 Å². The van der Waals surface area contributed by atoms with Crippen LogP contribution in [0.25, 0.3) is 0 Å². The highest BCUT2D eigenvalue weighted by Crippen LogP contribution is 2.34. The molecule has 1 aromatic rings. The van der Waals surface area contributed by atoms with Gasteiger partial charge >= 0.3 is 5.97 Å². The highest BCUT2D eigenvalue weighted by Gasteiger charge is 2.36. The maximum atomic E-state index is 11.8. The molecule has 0 aromatic heterocycles. The minimum absolute atomic E-state index is 0.0150. The van der Waals surface area contributed by atoms with Gasteiger partial charge in [0.2, 0.25) is 5.91 Å². The van der Waals surface area contributed by atoms with Crippen molar-refractivity contribution < 1.29 is 19.4 Å². The summed E-state index contributed by atoms with van der Waals surface area (Å²) in [4.78, 5) is 24.1. The first-order valence-electron chi connectivity index (χ1n) is 5.39. The largest absolute Gasteiger partial charge is 0.495 e. The Morgan fingerprint density at radius 2 is 2.28 bits per heavy atom. The Bertz CT molecular complexity index is 503. The van der Waals surface area contributed by atoms with Gasteiger partial charge in [-0.25, -0.2) is 0 Å². The van der Waals surface area contributed by atoms with Gasteiger partial charge in [-0.15, -0.1) is 0 Å². The number of methoxy groups -OCH3 is 1. The van der Waals surface area contributed by atoms with Crippen molar-refractivity contribution in [1.29, 1.82) is 0 Å². The van der Waals surface area contributed by atoms with Crippen molar-refractivity contribution in [3.63, 3.8) is 0 Å². The molecule has 96 valence electrons. The van der Waals surface area contributed by atoms with Crippen LogP contribution in [-0.2, 0) is 9.59 Å². The van der Waals surface area contributed by atoms with E-state index in [1.165, 1.54) is 12.0 Å². The summed E-state index contributed by atoms with van der Waals surface area (Å²) in [5.74, 6) is -1.39. The highest BCUT2D eigenvalue weighted by atomic mass is 35.5. The molecule has 5 nitrogen and oxygen atoms in total. The van der Waals surface area contributed by atoms with Gasteiger partial charge < -0.3 is 14.7 Å². The van der Waals surface area contributed by atoms with Crippen molar-refractivity contribution >= 4 is 29.2 Å². The van der Waals surface area contributed by atoms with Gasteiger partial charge in [0.05, 0.1) is 18.7 Å². The number of benzene rings is 1. The zero-order valence-electron chi connectivity index (χ0n) is 9.72. The highest BCUT2D eigenvalue weighted by molar-refractivity contribution is 6.30. The zero-order chi connectivity index (χ0) is 13.3. The van der Waals surface area contributed by atoms with Crippen LogP contribution in [0.3, 0.4) is 0 Å². The molecule has 18 heavy (non-hydrogen) atoms. The Morgan fingerprint density at radius 1 is 1.56 bits per heavy atom. The molecule has 1 atom stereocenters. The lowest BCUT2D eigenvalue weighted by molar-refractivity contribution is -0.141. The number of hydrogen-bond acceptors (Lipinski definition) is 3. The van der Waals surface area contributed by atoms with Crippen molar-refractivity contribution in [2.24, 2.45) is 5.92 Å². The first-order chi connectivity index (χ1) is 8.52. The predicted molar refractivity (Wildman–Crippen MR) is 66.1 cm³/mol. The molecule has 1 N–H and O–H groups in total. The van der Waals surface area contributed by atoms with E-state index in [1.807, 2.05) is 0 Å². The number of nitrogens with zero attached hydrogens (tertiary/aromatic N) is 1. The molecule has 1 aliphatic heterocycles. The molecule has 0 spiro atoms. The number of amides is 1. The van der Waals surface area contributed by atoms with E-state index in [0.29, 0.717) is 16.5 Å². The third kappa shape index (κ3) is 2.26. The summed E-state index contributed by atoms with van der Waals surface area (Å²) in [6.45, 7) is 0.159. The number of carboxylic acid groups (broad SMARTS) is 1. The van der Waals surface area contributed by atoms with E-state index in [2.05, 4.69) is 0 Å². The van der Waals surface area contributed by atoms with Gasteiger partial charge in [0.1, 0.15) is 5.75 Å². The lowest BCUT2D eigenvalue weighted by Gasteiger charge is -2.19. The third-order valence-electron chi connectivity index (χ3n) is 2.91. The van der Waals surface area contributed by atoms with Crippen LogP contribution in [0.1, 0.15) is 6.42 Å². The van der Waals surface area contributed by atoms with Crippen LogP contribution in [0.2, 0.25) is 5.02 Å². The lowest BCUT2D eigenvalue weighted by Crippen LogP contribution is -2.26. The number of rotatable bonds is 3. The van der Waals surface area contributed by atoms with Gasteiger partial charge in [-0.1, -0.05) is 11.6 Å². The number of carboxylic acids is 1. The maximum Gasteiger partial charge on any atom is 0.308 e. The first-order valence-corrected chi connectivity index (χ1v) is 5.77. The number of carbonyl (C=O) groups excluding carboxylic acids is 1. The fourth-order valence-electron chi connectivity index (χ4n) is 1.98. The van der Waals surface area contributed by atoms with Crippen LogP contribution in [0.15, 0.2) is 18.2 Å². The standard InChI is InChI=1S/C12H12ClNO4/c1-18-10-5-8(13)2-3-9(10)14-6-7(12(16)17)4-11(14)15/h2-3,5,7H,4,6H2,1H3,(H,16,17). The molecule has 1 fully saturated rings. The predicted octanol–water partition coefficient (Wildman–Crippen LogP) is 1.79. The van der Waals surface area contributed by atoms with E-state index in [1.54, 1.807) is 18.2 Å². The molecule has 1 aromatic carbocycles. The molecule has 1 unspecified atom stereocenters. The fraction of sp³-hybridized carbons (Fsp3) is 0.333. The van der Waals surface area contributed by atoms with Crippen LogP contribution >= 0.6 is 11.6 Å². The summed E-state index contributed by atoms with van der Waals surface area (Å²) in [7, 11) is 1.48. The molecule has 0 bridgehead atoms. The monoisotopic (exact) mass is 269 g/mol. The van der Waals surface area contributed by atoms with Crippen molar-refractivity contribution in [2.75, 3.05) is 18.6 Å². The summed E-state index contributed by atoms with van der Waals surface area (Å²) in [6.07, 6.45) is 0.0150. The van der Waals surface area contributed by atoms with Crippen molar-refractivity contribution in [3.05, 3.63) is 23.2 Å². The van der Waals surface area contributed by atoms with Crippen LogP contribution < -0.4 is 9.64 Å². The Hall–Kier alpha value is -1.75. The number of ether oxygens (including phenoxy) is 1. The summed E-state index contributed by atoms with van der Waals surface area (Å²) in [6, 6.07) is 4.89. The smallest absolute Gasteiger partial charge is 0.308 e. The SMILES string of the molecule is COc1cc(Cl)ccc1N1CC(C(=O)O)CC1=O. The van der Waals surface area contributed by atoms with Gasteiger partial charge in [0, 0.05) is 24.1 Å². The van der Waals surface area contributed by atoms with Gasteiger partial charge in [-0.05, 0) is 12.1 Å². The maximum absolute atomic E-state index is 11.8. The number of carbonyl (C=O) groups is 2. The average molecular weight is 270 g/mol. The first kappa shape index (κ1) is 12.7. The summed E-state index contributed by atoms with van der Waals surface area (Å²) in [5.41, 5.74) is 0.552. The molecular formula is C12H12ClNO4. The van der Waals surface area contributed by atoms with E-state index >= 15 is 0 Å². The van der Waals surface area contributed by atoms with Gasteiger partial charge in [-0.3, -0.25) is 9.59 Å². The molecule has 1 amide bonds. The molecule has 1 saturated heterocycles. The topological polar surface area (TPSA) is 66.8 Å². The molecule has 0 radical (unpaired) electrons. The molecular weight excluding hydrogens is 258 g/mol. The minimum atomic E-state index is -0.959. The van der Waals surface area contributed by atoms with E-state index in [4.69, 9.17) is 21.4 Å². The average Bonchev–Trinajstić information content (AvgIpc) is 2.71. The minimum Gasteiger partial charge on any atom is -0.495 e. The van der Waals surface area contributed by atoms with E-state index < -0.39 is 11.9 Å². The molecule has 1 heterocycles. The van der Waals surface area contributed by atoms with E-state index in [9.17, 15) is 9.59 Å². The zero-order valence-corrected chi connectivity index (χ0v) is 10.5. The number of aliphatic carboxylic acids is 1. The van der Waals surface area contributed by atoms with Crippen molar-refractivity contribution in [1.82, 2.24) is 0 Å². The quantitative estimate of drug-likeness (QED) is 0.908. The van der Waals surface area contributed by atoms with E-state index in [-0.39, 0.29) is 18.9 Å². The summed E-state index contributed by atoms with van der Waals surface area (Å²) in [5, 5.41) is 9.43. The Morgan fingerprint density at radius 3 is 2.83 bits per heavy atom. The van der Waals surface area contributed by atoms with E-state index in [0.717, 1.165) is 0 Å². The van der Waals surface area contributed by atoms with Gasteiger partial charge in [0.15, 0.2) is 0 Å². The third-order valence-corrected chi connectivity index (χ3v) is 3.14. The number of anilines is 1. The van der Waals surface area contributed by atoms with Crippen LogP contribution in [0, 0.1) is 5.92 Å². The Balaban J connectivity index is 2.32. The number of halogens is 1. The summed E-state index contributed by atoms with van der Waals surface area (Å²) < 4.78 is 5.16. The van der Waals surface area contributed by atoms with Crippen molar-refractivity contribution in [3.8, 4) is 5.75 Å².